The lowest BCUT2D eigenvalue weighted by atomic mass is 9.88. The van der Waals surface area contributed by atoms with Gasteiger partial charge in [0.2, 0.25) is 0 Å². The molecule has 1 unspecified atom stereocenters. The number of rotatable bonds is 4. The van der Waals surface area contributed by atoms with Gasteiger partial charge in [-0.3, -0.25) is 4.79 Å². The van der Waals surface area contributed by atoms with Crippen LogP contribution in [0.1, 0.15) is 40.7 Å². The lowest BCUT2D eigenvalue weighted by Crippen LogP contribution is -2.14. The summed E-state index contributed by atoms with van der Waals surface area (Å²) in [6.07, 6.45) is 0.663. The maximum atomic E-state index is 13.9. The first-order chi connectivity index (χ1) is 9.13. The second kappa shape index (κ2) is 5.79. The van der Waals surface area contributed by atoms with Gasteiger partial charge < -0.3 is 0 Å². The quantitative estimate of drug-likeness (QED) is 0.735. The molecule has 0 amide bonds. The lowest BCUT2D eigenvalue weighted by molar-refractivity contribution is 0.0953. The van der Waals surface area contributed by atoms with Crippen LogP contribution in [-0.2, 0) is 0 Å². The summed E-state index contributed by atoms with van der Waals surface area (Å²) in [6.45, 7) is 3.76. The fourth-order valence-electron chi connectivity index (χ4n) is 2.27. The van der Waals surface area contributed by atoms with E-state index < -0.39 is 5.82 Å². The normalized spacial score (nSPS) is 12.2. The topological polar surface area (TPSA) is 17.1 Å². The molecule has 0 radical (unpaired) electrons. The van der Waals surface area contributed by atoms with Gasteiger partial charge in [-0.2, -0.15) is 0 Å². The van der Waals surface area contributed by atoms with E-state index in [1.54, 1.807) is 12.1 Å². The first-order valence-corrected chi connectivity index (χ1v) is 6.48. The molecule has 98 valence electrons. The van der Waals surface area contributed by atoms with E-state index in [-0.39, 0.29) is 17.3 Å². The highest BCUT2D eigenvalue weighted by atomic mass is 19.1. The van der Waals surface area contributed by atoms with Gasteiger partial charge in [-0.1, -0.05) is 43.3 Å². The fraction of sp³-hybridized carbons (Fsp3) is 0.235. The third-order valence-electron chi connectivity index (χ3n) is 3.32. The Hall–Kier alpha value is -1.96. The number of benzene rings is 2. The molecular weight excluding hydrogens is 239 g/mol. The molecule has 2 aromatic carbocycles. The molecule has 0 heterocycles. The molecule has 0 aliphatic carbocycles. The SMILES string of the molecule is CCC(C(=O)c1ccc(C)cc1F)c1ccccc1. The van der Waals surface area contributed by atoms with Crippen LogP contribution < -0.4 is 0 Å². The minimum Gasteiger partial charge on any atom is -0.293 e. The molecule has 0 aliphatic rings. The largest absolute Gasteiger partial charge is 0.293 e. The van der Waals surface area contributed by atoms with E-state index in [1.165, 1.54) is 6.07 Å². The van der Waals surface area contributed by atoms with Crippen LogP contribution in [0.2, 0.25) is 0 Å². The predicted molar refractivity (Wildman–Crippen MR) is 74.9 cm³/mol. The van der Waals surface area contributed by atoms with Gasteiger partial charge in [0.1, 0.15) is 5.82 Å². The Labute approximate surface area is 113 Å². The highest BCUT2D eigenvalue weighted by molar-refractivity contribution is 6.01. The van der Waals surface area contributed by atoms with Crippen LogP contribution in [0.15, 0.2) is 48.5 Å². The molecule has 0 saturated heterocycles. The third kappa shape index (κ3) is 2.90. The molecule has 2 rings (SSSR count). The van der Waals surface area contributed by atoms with Gasteiger partial charge >= 0.3 is 0 Å². The molecule has 0 spiro atoms. The second-order valence-corrected chi connectivity index (χ2v) is 4.72. The number of halogens is 1. The van der Waals surface area contributed by atoms with Crippen molar-refractivity contribution in [2.24, 2.45) is 0 Å². The first-order valence-electron chi connectivity index (χ1n) is 6.48. The lowest BCUT2D eigenvalue weighted by Gasteiger charge is -2.14. The molecule has 2 aromatic rings. The summed E-state index contributed by atoms with van der Waals surface area (Å²) >= 11 is 0. The van der Waals surface area contributed by atoms with Crippen LogP contribution >= 0.6 is 0 Å². The van der Waals surface area contributed by atoms with Crippen LogP contribution in [0.3, 0.4) is 0 Å². The molecule has 1 nitrogen and oxygen atoms in total. The zero-order valence-electron chi connectivity index (χ0n) is 11.2. The molecule has 0 aliphatic heterocycles. The van der Waals surface area contributed by atoms with Gasteiger partial charge in [0.05, 0.1) is 5.56 Å². The summed E-state index contributed by atoms with van der Waals surface area (Å²) in [5, 5.41) is 0. The standard InChI is InChI=1S/C17H17FO/c1-3-14(13-7-5-4-6-8-13)17(19)15-10-9-12(2)11-16(15)18/h4-11,14H,3H2,1-2H3. The van der Waals surface area contributed by atoms with E-state index in [9.17, 15) is 9.18 Å². The van der Waals surface area contributed by atoms with Gasteiger partial charge in [-0.15, -0.1) is 0 Å². The Morgan fingerprint density at radius 3 is 2.42 bits per heavy atom. The summed E-state index contributed by atoms with van der Waals surface area (Å²) in [5.74, 6) is -0.857. The van der Waals surface area contributed by atoms with Crippen LogP contribution in [-0.4, -0.2) is 5.78 Å². The number of Topliss-reactive ketones (excluding diaryl/α,β-unsaturated/α-hetero) is 1. The van der Waals surface area contributed by atoms with Gasteiger partial charge in [-0.25, -0.2) is 4.39 Å². The number of carbonyl (C=O) groups is 1. The Balaban J connectivity index is 2.36. The van der Waals surface area contributed by atoms with Crippen molar-refractivity contribution < 1.29 is 9.18 Å². The second-order valence-electron chi connectivity index (χ2n) is 4.72. The number of hydrogen-bond donors (Lipinski definition) is 0. The van der Waals surface area contributed by atoms with Crippen LogP contribution in [0.25, 0.3) is 0 Å². The van der Waals surface area contributed by atoms with Crippen molar-refractivity contribution in [3.05, 3.63) is 71.0 Å². The van der Waals surface area contributed by atoms with Gasteiger partial charge in [-0.05, 0) is 36.6 Å². The fourth-order valence-corrected chi connectivity index (χ4v) is 2.27. The zero-order valence-corrected chi connectivity index (χ0v) is 11.2. The number of carbonyl (C=O) groups excluding carboxylic acids is 1. The van der Waals surface area contributed by atoms with Crippen molar-refractivity contribution in [2.45, 2.75) is 26.2 Å². The number of ketones is 1. The molecule has 1 atom stereocenters. The Morgan fingerprint density at radius 1 is 1.16 bits per heavy atom. The monoisotopic (exact) mass is 256 g/mol. The molecule has 0 aromatic heterocycles. The van der Waals surface area contributed by atoms with E-state index in [2.05, 4.69) is 0 Å². The summed E-state index contributed by atoms with van der Waals surface area (Å²) < 4.78 is 13.9. The molecule has 19 heavy (non-hydrogen) atoms. The number of aryl methyl sites for hydroxylation is 1. The van der Waals surface area contributed by atoms with Gasteiger partial charge in [0.15, 0.2) is 5.78 Å². The molecular formula is C17H17FO. The summed E-state index contributed by atoms with van der Waals surface area (Å²) in [5.41, 5.74) is 1.94. The van der Waals surface area contributed by atoms with E-state index in [0.717, 1.165) is 11.1 Å². The van der Waals surface area contributed by atoms with Crippen molar-refractivity contribution in [3.8, 4) is 0 Å². The average Bonchev–Trinajstić information content (AvgIpc) is 2.40. The first kappa shape index (κ1) is 13.5. The van der Waals surface area contributed by atoms with E-state index >= 15 is 0 Å². The molecule has 0 bridgehead atoms. The minimum atomic E-state index is -0.431. The smallest absolute Gasteiger partial charge is 0.173 e. The van der Waals surface area contributed by atoms with Gasteiger partial charge in [0.25, 0.3) is 0 Å². The van der Waals surface area contributed by atoms with Crippen LogP contribution in [0.5, 0.6) is 0 Å². The zero-order chi connectivity index (χ0) is 13.8. The van der Waals surface area contributed by atoms with Crippen molar-refractivity contribution in [1.82, 2.24) is 0 Å². The average molecular weight is 256 g/mol. The van der Waals surface area contributed by atoms with Crippen LogP contribution in [0, 0.1) is 12.7 Å². The summed E-state index contributed by atoms with van der Waals surface area (Å²) in [7, 11) is 0. The molecule has 2 heteroatoms. The van der Waals surface area contributed by atoms with Crippen molar-refractivity contribution >= 4 is 5.78 Å². The minimum absolute atomic E-state index is 0.147. The highest BCUT2D eigenvalue weighted by Crippen LogP contribution is 2.25. The highest BCUT2D eigenvalue weighted by Gasteiger charge is 2.22. The van der Waals surface area contributed by atoms with Crippen molar-refractivity contribution in [3.63, 3.8) is 0 Å². The Bertz CT molecular complexity index is 575. The van der Waals surface area contributed by atoms with Gasteiger partial charge in [0, 0.05) is 5.92 Å². The summed E-state index contributed by atoms with van der Waals surface area (Å²) in [4.78, 5) is 12.5. The molecule has 0 saturated carbocycles. The molecule has 0 fully saturated rings. The van der Waals surface area contributed by atoms with E-state index in [4.69, 9.17) is 0 Å². The van der Waals surface area contributed by atoms with Crippen molar-refractivity contribution in [2.75, 3.05) is 0 Å². The summed E-state index contributed by atoms with van der Waals surface area (Å²) in [6, 6.07) is 14.3. The predicted octanol–water partition coefficient (Wildman–Crippen LogP) is 4.51. The maximum Gasteiger partial charge on any atom is 0.173 e. The molecule has 0 N–H and O–H groups in total. The van der Waals surface area contributed by atoms with E-state index in [1.807, 2.05) is 44.2 Å². The maximum absolute atomic E-state index is 13.9. The van der Waals surface area contributed by atoms with Crippen LogP contribution in [0.4, 0.5) is 4.39 Å². The van der Waals surface area contributed by atoms with E-state index in [0.29, 0.717) is 6.42 Å². The number of hydrogen-bond acceptors (Lipinski definition) is 1. The Morgan fingerprint density at radius 2 is 1.84 bits per heavy atom. The van der Waals surface area contributed by atoms with Crippen molar-refractivity contribution in [1.29, 1.82) is 0 Å². The third-order valence-corrected chi connectivity index (χ3v) is 3.32. The Kier molecular flexibility index (Phi) is 4.10.